The molecule has 0 heterocycles. The lowest BCUT2D eigenvalue weighted by molar-refractivity contribution is 0.463. The van der Waals surface area contributed by atoms with Crippen LogP contribution in [-0.2, 0) is 6.54 Å². The second kappa shape index (κ2) is 7.11. The third kappa shape index (κ3) is 4.10. The molecule has 0 aliphatic rings. The molecular weight excluding hydrogens is 246 g/mol. The van der Waals surface area contributed by atoms with Crippen LogP contribution < -0.4 is 5.32 Å². The lowest BCUT2D eigenvalue weighted by Crippen LogP contribution is -2.16. The maximum absolute atomic E-state index is 9.78. The Morgan fingerprint density at radius 2 is 1.85 bits per heavy atom. The highest BCUT2D eigenvalue weighted by molar-refractivity contribution is 5.35. The molecule has 0 aliphatic heterocycles. The molecular formula is C18H23NO. The second-order valence-electron chi connectivity index (χ2n) is 5.41. The molecule has 0 amide bonds. The van der Waals surface area contributed by atoms with Gasteiger partial charge in [0.05, 0.1) is 0 Å². The Balaban J connectivity index is 1.78. The molecule has 2 rings (SSSR count). The van der Waals surface area contributed by atoms with Crippen molar-refractivity contribution in [1.29, 1.82) is 0 Å². The van der Waals surface area contributed by atoms with E-state index in [4.69, 9.17) is 0 Å². The molecule has 2 aromatic carbocycles. The van der Waals surface area contributed by atoms with Crippen molar-refractivity contribution in [3.05, 3.63) is 65.2 Å². The lowest BCUT2D eigenvalue weighted by Gasteiger charge is -2.13. The fourth-order valence-corrected chi connectivity index (χ4v) is 2.35. The number of aromatic hydroxyl groups is 1. The van der Waals surface area contributed by atoms with Gasteiger partial charge < -0.3 is 10.4 Å². The van der Waals surface area contributed by atoms with E-state index in [1.807, 2.05) is 19.1 Å². The average molecular weight is 269 g/mol. The average Bonchev–Trinajstić information content (AvgIpc) is 2.47. The molecule has 0 aliphatic carbocycles. The molecule has 1 atom stereocenters. The molecule has 0 saturated carbocycles. The molecule has 0 spiro atoms. The largest absolute Gasteiger partial charge is 0.508 e. The Morgan fingerprint density at radius 3 is 2.60 bits per heavy atom. The van der Waals surface area contributed by atoms with E-state index in [2.05, 4.69) is 42.6 Å². The lowest BCUT2D eigenvalue weighted by atomic mass is 9.98. The quantitative estimate of drug-likeness (QED) is 0.777. The van der Waals surface area contributed by atoms with Gasteiger partial charge in [-0.15, -0.1) is 0 Å². The van der Waals surface area contributed by atoms with Crippen LogP contribution >= 0.6 is 0 Å². The first kappa shape index (κ1) is 14.6. The molecule has 0 aromatic heterocycles. The Hall–Kier alpha value is -1.80. The molecule has 2 N–H and O–H groups in total. The van der Waals surface area contributed by atoms with Crippen LogP contribution in [0.15, 0.2) is 48.5 Å². The molecule has 2 aromatic rings. The highest BCUT2D eigenvalue weighted by atomic mass is 16.3. The molecule has 2 heteroatoms. The Labute approximate surface area is 121 Å². The Bertz CT molecular complexity index is 536. The smallest absolute Gasteiger partial charge is 0.120 e. The monoisotopic (exact) mass is 269 g/mol. The molecule has 0 saturated heterocycles. The van der Waals surface area contributed by atoms with Crippen molar-refractivity contribution in [3.63, 3.8) is 0 Å². The third-order valence-corrected chi connectivity index (χ3v) is 3.67. The normalized spacial score (nSPS) is 12.3. The molecule has 20 heavy (non-hydrogen) atoms. The van der Waals surface area contributed by atoms with Crippen LogP contribution in [0.4, 0.5) is 0 Å². The number of phenols is 1. The number of hydrogen-bond donors (Lipinski definition) is 2. The van der Waals surface area contributed by atoms with Crippen LogP contribution in [0.3, 0.4) is 0 Å². The SMILES string of the molecule is Cc1ccc(O)c(CNCCC(C)c2ccccc2)c1. The van der Waals surface area contributed by atoms with E-state index in [0.29, 0.717) is 11.7 Å². The zero-order valence-corrected chi connectivity index (χ0v) is 12.3. The zero-order valence-electron chi connectivity index (χ0n) is 12.3. The maximum atomic E-state index is 9.78. The molecule has 0 radical (unpaired) electrons. The van der Waals surface area contributed by atoms with Gasteiger partial charge in [0, 0.05) is 12.1 Å². The van der Waals surface area contributed by atoms with E-state index in [1.54, 1.807) is 6.07 Å². The van der Waals surface area contributed by atoms with Crippen LogP contribution in [0.2, 0.25) is 0 Å². The van der Waals surface area contributed by atoms with Crippen molar-refractivity contribution in [2.45, 2.75) is 32.7 Å². The second-order valence-corrected chi connectivity index (χ2v) is 5.41. The summed E-state index contributed by atoms with van der Waals surface area (Å²) in [4.78, 5) is 0. The van der Waals surface area contributed by atoms with Crippen molar-refractivity contribution < 1.29 is 5.11 Å². The van der Waals surface area contributed by atoms with Crippen LogP contribution in [0.1, 0.15) is 36.0 Å². The van der Waals surface area contributed by atoms with E-state index in [-0.39, 0.29) is 0 Å². The summed E-state index contributed by atoms with van der Waals surface area (Å²) in [5, 5.41) is 13.2. The summed E-state index contributed by atoms with van der Waals surface area (Å²) >= 11 is 0. The maximum Gasteiger partial charge on any atom is 0.120 e. The van der Waals surface area contributed by atoms with Gasteiger partial charge >= 0.3 is 0 Å². The number of aryl methyl sites for hydroxylation is 1. The van der Waals surface area contributed by atoms with Gasteiger partial charge in [-0.3, -0.25) is 0 Å². The minimum Gasteiger partial charge on any atom is -0.508 e. The molecule has 106 valence electrons. The number of phenolic OH excluding ortho intramolecular Hbond substituents is 1. The summed E-state index contributed by atoms with van der Waals surface area (Å²) in [6.07, 6.45) is 1.09. The highest BCUT2D eigenvalue weighted by Crippen LogP contribution is 2.19. The fourth-order valence-electron chi connectivity index (χ4n) is 2.35. The first-order valence-corrected chi connectivity index (χ1v) is 7.21. The summed E-state index contributed by atoms with van der Waals surface area (Å²) in [7, 11) is 0. The number of hydrogen-bond acceptors (Lipinski definition) is 2. The first-order chi connectivity index (χ1) is 9.66. The number of nitrogens with one attached hydrogen (secondary N) is 1. The number of benzene rings is 2. The topological polar surface area (TPSA) is 32.3 Å². The van der Waals surface area contributed by atoms with E-state index >= 15 is 0 Å². The standard InChI is InChI=1S/C18H23NO/c1-14-8-9-18(20)17(12-14)13-19-11-10-15(2)16-6-4-3-5-7-16/h3-9,12,15,19-20H,10-11,13H2,1-2H3. The van der Waals surface area contributed by atoms with Crippen LogP contribution in [-0.4, -0.2) is 11.7 Å². The summed E-state index contributed by atoms with van der Waals surface area (Å²) in [6, 6.07) is 16.3. The van der Waals surface area contributed by atoms with Gasteiger partial charge in [0.25, 0.3) is 0 Å². The van der Waals surface area contributed by atoms with Crippen molar-refractivity contribution in [1.82, 2.24) is 5.32 Å². The highest BCUT2D eigenvalue weighted by Gasteiger charge is 2.05. The van der Waals surface area contributed by atoms with Crippen molar-refractivity contribution in [3.8, 4) is 5.75 Å². The predicted octanol–water partition coefficient (Wildman–Crippen LogP) is 3.98. The summed E-state index contributed by atoms with van der Waals surface area (Å²) < 4.78 is 0. The first-order valence-electron chi connectivity index (χ1n) is 7.21. The van der Waals surface area contributed by atoms with Gasteiger partial charge in [0.1, 0.15) is 5.75 Å². The summed E-state index contributed by atoms with van der Waals surface area (Å²) in [6.45, 7) is 5.96. The van der Waals surface area contributed by atoms with Crippen molar-refractivity contribution in [2.24, 2.45) is 0 Å². The minimum absolute atomic E-state index is 0.374. The molecule has 0 bridgehead atoms. The number of rotatable bonds is 6. The summed E-state index contributed by atoms with van der Waals surface area (Å²) in [5.74, 6) is 0.925. The van der Waals surface area contributed by atoms with Crippen molar-refractivity contribution >= 4 is 0 Å². The Morgan fingerprint density at radius 1 is 1.10 bits per heavy atom. The van der Waals surface area contributed by atoms with Gasteiger partial charge in [0.15, 0.2) is 0 Å². The van der Waals surface area contributed by atoms with Crippen LogP contribution in [0.25, 0.3) is 0 Å². The van der Waals surface area contributed by atoms with Gasteiger partial charge in [-0.1, -0.05) is 55.0 Å². The molecule has 1 unspecified atom stereocenters. The molecule has 2 nitrogen and oxygen atoms in total. The van der Waals surface area contributed by atoms with E-state index in [0.717, 1.165) is 25.1 Å². The summed E-state index contributed by atoms with van der Waals surface area (Å²) in [5.41, 5.74) is 3.53. The fraction of sp³-hybridized carbons (Fsp3) is 0.333. The predicted molar refractivity (Wildman–Crippen MR) is 84.0 cm³/mol. The Kier molecular flexibility index (Phi) is 5.19. The minimum atomic E-state index is 0.374. The van der Waals surface area contributed by atoms with Gasteiger partial charge in [-0.25, -0.2) is 0 Å². The van der Waals surface area contributed by atoms with Gasteiger partial charge in [0.2, 0.25) is 0 Å². The zero-order chi connectivity index (χ0) is 14.4. The van der Waals surface area contributed by atoms with E-state index < -0.39 is 0 Å². The van der Waals surface area contributed by atoms with Crippen LogP contribution in [0, 0.1) is 6.92 Å². The van der Waals surface area contributed by atoms with Gasteiger partial charge in [-0.05, 0) is 37.4 Å². The van der Waals surface area contributed by atoms with Gasteiger partial charge in [-0.2, -0.15) is 0 Å². The van der Waals surface area contributed by atoms with E-state index in [1.165, 1.54) is 11.1 Å². The third-order valence-electron chi connectivity index (χ3n) is 3.67. The van der Waals surface area contributed by atoms with Crippen LogP contribution in [0.5, 0.6) is 5.75 Å². The van der Waals surface area contributed by atoms with E-state index in [9.17, 15) is 5.11 Å². The molecule has 0 fully saturated rings. The van der Waals surface area contributed by atoms with Crippen molar-refractivity contribution in [2.75, 3.05) is 6.54 Å².